The molecule has 0 rings (SSSR count). The van der Waals surface area contributed by atoms with E-state index < -0.39 is 0 Å². The Morgan fingerprint density at radius 3 is 1.39 bits per heavy atom. The van der Waals surface area contributed by atoms with Gasteiger partial charge in [-0.15, -0.1) is 0 Å². The molecule has 33 heavy (non-hydrogen) atoms. The van der Waals surface area contributed by atoms with E-state index in [0.717, 1.165) is 25.7 Å². The number of hydrogen-bond donors (Lipinski definition) is 0. The molecule has 0 N–H and O–H groups in total. The van der Waals surface area contributed by atoms with E-state index in [-0.39, 0.29) is 122 Å². The number of unbranched alkanes of at least 4 members (excludes halogenated alkanes) is 15. The first-order chi connectivity index (χ1) is 15.1. The van der Waals surface area contributed by atoms with Crippen LogP contribution in [0.4, 0.5) is 0 Å². The molecule has 0 bridgehead atoms. The number of ether oxygens (including phenoxy) is 1. The molecule has 188 valence electrons. The van der Waals surface area contributed by atoms with Crippen molar-refractivity contribution < 1.29 is 14.3 Å². The van der Waals surface area contributed by atoms with Gasteiger partial charge in [0.25, 0.3) is 0 Å². The third-order valence-electron chi connectivity index (χ3n) is 6.51. The van der Waals surface area contributed by atoms with Gasteiger partial charge >= 0.3 is 122 Å². The van der Waals surface area contributed by atoms with Crippen LogP contribution in [0.5, 0.6) is 0 Å². The van der Waals surface area contributed by atoms with E-state index >= 15 is 0 Å². The number of hydrogen-bond acceptors (Lipinski definition) is 3. The average molecular weight is 565 g/mol. The van der Waals surface area contributed by atoms with Crippen LogP contribution in [-0.4, -0.2) is 122 Å². The van der Waals surface area contributed by atoms with Crippen LogP contribution < -0.4 is 0 Å². The fourth-order valence-corrected chi connectivity index (χ4v) is 4.25. The van der Waals surface area contributed by atoms with Crippen molar-refractivity contribution in [3.8, 4) is 0 Å². The van der Waals surface area contributed by atoms with E-state index in [2.05, 4.69) is 20.8 Å². The molecule has 0 radical (unpaired) electrons. The predicted molar refractivity (Wildman–Crippen MR) is 147 cm³/mol. The van der Waals surface area contributed by atoms with Crippen LogP contribution in [0.3, 0.4) is 0 Å². The SMILES string of the molecule is CCCCCCCCCCCC(=O)OC(=O)CCC(CC)CCCCCCCCCC.[KH].[RbH]. The fraction of sp³-hybridized carbons (Fsp3) is 0.929. The second kappa shape index (κ2) is 32.6. The molecule has 0 spiro atoms. The second-order valence-electron chi connectivity index (χ2n) is 9.50. The molecule has 1 unspecified atom stereocenters. The molecule has 0 saturated heterocycles. The van der Waals surface area contributed by atoms with Gasteiger partial charge < -0.3 is 4.74 Å². The van der Waals surface area contributed by atoms with E-state index in [4.69, 9.17) is 4.74 Å². The van der Waals surface area contributed by atoms with Crippen LogP contribution in [0.2, 0.25) is 0 Å². The van der Waals surface area contributed by atoms with Crippen molar-refractivity contribution in [2.24, 2.45) is 5.92 Å². The molecular weight excluding hydrogens is 509 g/mol. The number of carbonyl (C=O) groups excluding carboxylic acids is 2. The van der Waals surface area contributed by atoms with Crippen LogP contribution in [-0.2, 0) is 14.3 Å². The normalized spacial score (nSPS) is 11.4. The molecule has 0 aliphatic rings. The molecule has 0 amide bonds. The summed E-state index contributed by atoms with van der Waals surface area (Å²) < 4.78 is 5.03. The summed E-state index contributed by atoms with van der Waals surface area (Å²) >= 11 is 0. The summed E-state index contributed by atoms with van der Waals surface area (Å²) in [5.41, 5.74) is 0. The summed E-state index contributed by atoms with van der Waals surface area (Å²) in [6.07, 6.45) is 25.6. The van der Waals surface area contributed by atoms with Gasteiger partial charge in [0.15, 0.2) is 0 Å². The Hall–Kier alpha value is 2.58. The zero-order chi connectivity index (χ0) is 23.0. The summed E-state index contributed by atoms with van der Waals surface area (Å²) in [6.45, 7) is 6.70. The fourth-order valence-electron chi connectivity index (χ4n) is 4.25. The summed E-state index contributed by atoms with van der Waals surface area (Å²) in [5.74, 6) is -0.0700. The maximum absolute atomic E-state index is 12.0. The van der Waals surface area contributed by atoms with E-state index in [1.165, 1.54) is 103 Å². The van der Waals surface area contributed by atoms with E-state index in [0.29, 0.717) is 18.8 Å². The Morgan fingerprint density at radius 2 is 0.939 bits per heavy atom. The Morgan fingerprint density at radius 1 is 0.545 bits per heavy atom. The quantitative estimate of drug-likeness (QED) is 0.0546. The van der Waals surface area contributed by atoms with Crippen LogP contribution in [0.15, 0.2) is 0 Å². The Labute approximate surface area is 298 Å². The molecule has 3 nitrogen and oxygen atoms in total. The maximum atomic E-state index is 12.0. The number of esters is 2. The van der Waals surface area contributed by atoms with E-state index in [9.17, 15) is 9.59 Å². The van der Waals surface area contributed by atoms with Crippen LogP contribution in [0.1, 0.15) is 162 Å². The third kappa shape index (κ3) is 30.7. The van der Waals surface area contributed by atoms with Crippen molar-refractivity contribution in [3.63, 3.8) is 0 Å². The molecule has 0 aliphatic carbocycles. The van der Waals surface area contributed by atoms with Crippen molar-refractivity contribution in [2.45, 2.75) is 162 Å². The number of carbonyl (C=O) groups is 2. The summed E-state index contributed by atoms with van der Waals surface area (Å²) in [7, 11) is 0. The van der Waals surface area contributed by atoms with Gasteiger partial charge in [0, 0.05) is 12.8 Å². The first-order valence-electron chi connectivity index (χ1n) is 13.9. The van der Waals surface area contributed by atoms with Gasteiger partial charge in [0.05, 0.1) is 0 Å². The minimum atomic E-state index is -0.330. The zero-order valence-electron chi connectivity index (χ0n) is 21.4. The molecule has 0 aromatic carbocycles. The zero-order valence-corrected chi connectivity index (χ0v) is 21.4. The molecule has 0 aromatic rings. The van der Waals surface area contributed by atoms with Crippen LogP contribution in [0, 0.1) is 5.92 Å². The Kier molecular flexibility index (Phi) is 39.6. The van der Waals surface area contributed by atoms with Crippen molar-refractivity contribution in [1.29, 1.82) is 0 Å². The summed E-state index contributed by atoms with van der Waals surface area (Å²) in [6, 6.07) is 0. The summed E-state index contributed by atoms with van der Waals surface area (Å²) in [4.78, 5) is 23.9. The van der Waals surface area contributed by atoms with Gasteiger partial charge in [0.2, 0.25) is 0 Å². The minimum absolute atomic E-state index is 0. The van der Waals surface area contributed by atoms with Crippen molar-refractivity contribution in [3.05, 3.63) is 0 Å². The van der Waals surface area contributed by atoms with Crippen LogP contribution in [0.25, 0.3) is 0 Å². The molecule has 0 fully saturated rings. The predicted octanol–water partition coefficient (Wildman–Crippen LogP) is 8.02. The molecule has 5 heteroatoms. The first kappa shape index (κ1) is 40.1. The van der Waals surface area contributed by atoms with Gasteiger partial charge in [-0.1, -0.05) is 136 Å². The van der Waals surface area contributed by atoms with Gasteiger partial charge in [0.1, 0.15) is 0 Å². The van der Waals surface area contributed by atoms with E-state index in [1.54, 1.807) is 0 Å². The van der Waals surface area contributed by atoms with Crippen molar-refractivity contribution in [1.82, 2.24) is 0 Å². The van der Waals surface area contributed by atoms with Crippen molar-refractivity contribution in [2.75, 3.05) is 0 Å². The van der Waals surface area contributed by atoms with E-state index in [1.807, 2.05) is 0 Å². The van der Waals surface area contributed by atoms with Gasteiger partial charge in [-0.2, -0.15) is 0 Å². The molecule has 0 saturated carbocycles. The molecule has 0 heterocycles. The Balaban J connectivity index is -0.00000450. The number of rotatable bonds is 23. The third-order valence-corrected chi connectivity index (χ3v) is 6.51. The summed E-state index contributed by atoms with van der Waals surface area (Å²) in [5, 5.41) is 0. The molecular formula is C28H56KO3Rb. The standard InChI is InChI=1S/C28H54O3.K.Rb.2H/c1-4-7-9-11-13-15-17-19-21-23-27(29)31-28(30)25-24-26(6-3)22-20-18-16-14-12-10-8-5-2;;;;/h26H,4-25H2,1-3H3;;;;. The van der Waals surface area contributed by atoms with Crippen molar-refractivity contribution >= 4 is 122 Å². The molecule has 0 aromatic heterocycles. The topological polar surface area (TPSA) is 43.4 Å². The van der Waals surface area contributed by atoms with Gasteiger partial charge in [-0.3, -0.25) is 9.59 Å². The first-order valence-corrected chi connectivity index (χ1v) is 13.9. The second-order valence-corrected chi connectivity index (χ2v) is 9.50. The van der Waals surface area contributed by atoms with Gasteiger partial charge in [-0.05, 0) is 18.8 Å². The molecule has 1 atom stereocenters. The van der Waals surface area contributed by atoms with Gasteiger partial charge in [-0.25, -0.2) is 0 Å². The molecule has 0 aliphatic heterocycles. The van der Waals surface area contributed by atoms with Crippen LogP contribution >= 0.6 is 0 Å². The monoisotopic (exact) mass is 564 g/mol. The average Bonchev–Trinajstić information content (AvgIpc) is 2.76. The Bertz CT molecular complexity index is 418.